The Hall–Kier alpha value is -2.44. The Bertz CT molecular complexity index is 968. The number of hydrogen-bond acceptors (Lipinski definition) is 5. The maximum absolute atomic E-state index is 13.3. The van der Waals surface area contributed by atoms with E-state index in [2.05, 4.69) is 26.0 Å². The number of fused-ring (bicyclic) bond motifs is 1. The van der Waals surface area contributed by atoms with E-state index in [1.54, 1.807) is 18.4 Å². The van der Waals surface area contributed by atoms with Crippen LogP contribution in [0.15, 0.2) is 36.4 Å². The minimum atomic E-state index is 0.0400. The molecule has 2 heterocycles. The van der Waals surface area contributed by atoms with Crippen molar-refractivity contribution < 1.29 is 14.3 Å². The highest BCUT2D eigenvalue weighted by molar-refractivity contribution is 7.22. The van der Waals surface area contributed by atoms with Gasteiger partial charge in [-0.05, 0) is 67.6 Å². The fourth-order valence-corrected chi connectivity index (χ4v) is 4.65. The molecule has 0 spiro atoms. The maximum Gasteiger partial charge on any atom is 0.233 e. The third-order valence-electron chi connectivity index (χ3n) is 5.45. The Morgan fingerprint density at radius 3 is 2.69 bits per heavy atom. The van der Waals surface area contributed by atoms with Crippen LogP contribution in [0.2, 0.25) is 0 Å². The predicted molar refractivity (Wildman–Crippen MR) is 117 cm³/mol. The van der Waals surface area contributed by atoms with Crippen LogP contribution in [0.5, 0.6) is 5.75 Å². The van der Waals surface area contributed by atoms with Gasteiger partial charge in [0.25, 0.3) is 0 Å². The molecule has 29 heavy (non-hydrogen) atoms. The van der Waals surface area contributed by atoms with Crippen LogP contribution in [0.3, 0.4) is 0 Å². The molecule has 0 unspecified atom stereocenters. The van der Waals surface area contributed by atoms with Gasteiger partial charge in [0.1, 0.15) is 5.75 Å². The molecule has 0 bridgehead atoms. The topological polar surface area (TPSA) is 51.7 Å². The van der Waals surface area contributed by atoms with Gasteiger partial charge in [-0.2, -0.15) is 0 Å². The van der Waals surface area contributed by atoms with Crippen LogP contribution >= 0.6 is 11.3 Å². The molecule has 0 radical (unpaired) electrons. The van der Waals surface area contributed by atoms with Crippen molar-refractivity contribution in [2.24, 2.45) is 0 Å². The van der Waals surface area contributed by atoms with E-state index in [0.717, 1.165) is 46.1 Å². The van der Waals surface area contributed by atoms with Crippen LogP contribution in [0.4, 0.5) is 5.13 Å². The van der Waals surface area contributed by atoms with Crippen molar-refractivity contribution >= 4 is 32.6 Å². The number of amides is 1. The summed E-state index contributed by atoms with van der Waals surface area (Å²) < 4.78 is 12.1. The van der Waals surface area contributed by atoms with E-state index in [9.17, 15) is 4.79 Å². The van der Waals surface area contributed by atoms with Gasteiger partial charge >= 0.3 is 0 Å². The molecule has 5 nitrogen and oxygen atoms in total. The molecule has 152 valence electrons. The molecule has 0 saturated carbocycles. The van der Waals surface area contributed by atoms with Crippen molar-refractivity contribution in [2.75, 3.05) is 25.2 Å². The summed E-state index contributed by atoms with van der Waals surface area (Å²) >= 11 is 1.58. The molecule has 1 aliphatic rings. The first-order valence-electron chi connectivity index (χ1n) is 9.96. The first-order valence-corrected chi connectivity index (χ1v) is 10.8. The summed E-state index contributed by atoms with van der Waals surface area (Å²) in [5.74, 6) is 0.826. The lowest BCUT2D eigenvalue weighted by atomic mass is 10.1. The van der Waals surface area contributed by atoms with Gasteiger partial charge < -0.3 is 9.47 Å². The van der Waals surface area contributed by atoms with E-state index in [1.165, 1.54) is 11.1 Å². The van der Waals surface area contributed by atoms with E-state index in [0.29, 0.717) is 13.0 Å². The van der Waals surface area contributed by atoms with Crippen LogP contribution in [0.1, 0.15) is 29.5 Å². The highest BCUT2D eigenvalue weighted by Crippen LogP contribution is 2.32. The molecule has 1 saturated heterocycles. The second-order valence-electron chi connectivity index (χ2n) is 7.56. The van der Waals surface area contributed by atoms with Crippen LogP contribution < -0.4 is 9.64 Å². The van der Waals surface area contributed by atoms with Crippen molar-refractivity contribution in [3.05, 3.63) is 53.1 Å². The lowest BCUT2D eigenvalue weighted by Crippen LogP contribution is -2.38. The van der Waals surface area contributed by atoms with E-state index >= 15 is 0 Å². The lowest BCUT2D eigenvalue weighted by Gasteiger charge is -2.23. The monoisotopic (exact) mass is 410 g/mol. The zero-order valence-electron chi connectivity index (χ0n) is 17.1. The molecule has 4 rings (SSSR count). The molecule has 6 heteroatoms. The zero-order valence-corrected chi connectivity index (χ0v) is 17.9. The van der Waals surface area contributed by atoms with Crippen LogP contribution in [-0.2, 0) is 16.0 Å². The van der Waals surface area contributed by atoms with Crippen molar-refractivity contribution in [3.63, 3.8) is 0 Å². The van der Waals surface area contributed by atoms with E-state index in [1.807, 2.05) is 29.2 Å². The van der Waals surface area contributed by atoms with E-state index in [-0.39, 0.29) is 12.0 Å². The number of nitrogens with zero attached hydrogens (tertiary/aromatic N) is 2. The second-order valence-corrected chi connectivity index (χ2v) is 8.57. The number of anilines is 1. The van der Waals surface area contributed by atoms with E-state index in [4.69, 9.17) is 14.5 Å². The number of methoxy groups -OCH3 is 1. The SMILES string of the molecule is COc1ccc(CC(=O)N(C[C@H]2CCCO2)c2nc3cc(C)c(C)cc3s2)cc1. The molecule has 1 fully saturated rings. The summed E-state index contributed by atoms with van der Waals surface area (Å²) in [5.41, 5.74) is 4.36. The van der Waals surface area contributed by atoms with Gasteiger partial charge in [0.05, 0.1) is 36.4 Å². The highest BCUT2D eigenvalue weighted by Gasteiger charge is 2.26. The van der Waals surface area contributed by atoms with Crippen molar-refractivity contribution in [1.82, 2.24) is 4.98 Å². The van der Waals surface area contributed by atoms with Gasteiger partial charge in [-0.15, -0.1) is 0 Å². The second kappa shape index (κ2) is 8.51. The van der Waals surface area contributed by atoms with Gasteiger partial charge in [0.2, 0.25) is 5.91 Å². The quantitative estimate of drug-likeness (QED) is 0.592. The first-order chi connectivity index (χ1) is 14.0. The molecule has 2 aromatic carbocycles. The molecule has 1 atom stereocenters. The number of benzene rings is 2. The Balaban J connectivity index is 1.62. The fourth-order valence-electron chi connectivity index (χ4n) is 3.58. The summed E-state index contributed by atoms with van der Waals surface area (Å²) in [6.07, 6.45) is 2.43. The number of rotatable bonds is 6. The Kier molecular flexibility index (Phi) is 5.83. The fraction of sp³-hybridized carbons (Fsp3) is 0.391. The third-order valence-corrected chi connectivity index (χ3v) is 6.49. The smallest absolute Gasteiger partial charge is 0.233 e. The van der Waals surface area contributed by atoms with Crippen LogP contribution in [0.25, 0.3) is 10.2 Å². The van der Waals surface area contributed by atoms with Gasteiger partial charge in [-0.1, -0.05) is 23.5 Å². The summed E-state index contributed by atoms with van der Waals surface area (Å²) in [5, 5.41) is 0.749. The lowest BCUT2D eigenvalue weighted by molar-refractivity contribution is -0.118. The Labute approximate surface area is 175 Å². The number of ether oxygens (including phenoxy) is 2. The largest absolute Gasteiger partial charge is 0.497 e. The van der Waals surface area contributed by atoms with Gasteiger partial charge in [0.15, 0.2) is 5.13 Å². The van der Waals surface area contributed by atoms with Gasteiger partial charge in [0, 0.05) is 6.61 Å². The standard InChI is InChI=1S/C23H26N2O3S/c1-15-11-20-21(12-16(15)2)29-23(24-20)25(14-19-5-4-10-28-19)22(26)13-17-6-8-18(27-3)9-7-17/h6-9,11-12,19H,4-5,10,13-14H2,1-3H3/t19-/m1/s1. The Morgan fingerprint density at radius 2 is 2.00 bits per heavy atom. The molecular weight excluding hydrogens is 384 g/mol. The average molecular weight is 411 g/mol. The third kappa shape index (κ3) is 4.43. The normalized spacial score (nSPS) is 16.3. The predicted octanol–water partition coefficient (Wildman–Crippen LogP) is 4.68. The number of carbonyl (C=O) groups is 1. The van der Waals surface area contributed by atoms with Crippen LogP contribution in [-0.4, -0.2) is 37.3 Å². The number of aromatic nitrogens is 1. The minimum absolute atomic E-state index is 0.0400. The minimum Gasteiger partial charge on any atom is -0.497 e. The average Bonchev–Trinajstić information content (AvgIpc) is 3.36. The molecular formula is C23H26N2O3S. The molecule has 1 aliphatic heterocycles. The van der Waals surface area contributed by atoms with Crippen molar-refractivity contribution in [3.8, 4) is 5.75 Å². The molecule has 1 aromatic heterocycles. The summed E-state index contributed by atoms with van der Waals surface area (Å²) in [7, 11) is 1.64. The van der Waals surface area contributed by atoms with E-state index < -0.39 is 0 Å². The van der Waals surface area contributed by atoms with Crippen molar-refractivity contribution in [2.45, 2.75) is 39.2 Å². The number of aryl methyl sites for hydroxylation is 2. The molecule has 1 amide bonds. The molecule has 0 aliphatic carbocycles. The zero-order chi connectivity index (χ0) is 20.4. The Morgan fingerprint density at radius 1 is 1.24 bits per heavy atom. The van der Waals surface area contributed by atoms with Gasteiger partial charge in [-0.25, -0.2) is 4.98 Å². The first kappa shape index (κ1) is 19.9. The summed E-state index contributed by atoms with van der Waals surface area (Å²) in [4.78, 5) is 19.9. The summed E-state index contributed by atoms with van der Waals surface area (Å²) in [6.45, 7) is 5.51. The number of hydrogen-bond donors (Lipinski definition) is 0. The van der Waals surface area contributed by atoms with Crippen molar-refractivity contribution in [1.29, 1.82) is 0 Å². The number of thiazole rings is 1. The maximum atomic E-state index is 13.3. The molecule has 3 aromatic rings. The number of carbonyl (C=O) groups excluding carboxylic acids is 1. The van der Waals surface area contributed by atoms with Crippen LogP contribution in [0, 0.1) is 13.8 Å². The van der Waals surface area contributed by atoms with Gasteiger partial charge in [-0.3, -0.25) is 9.69 Å². The highest BCUT2D eigenvalue weighted by atomic mass is 32.1. The molecule has 0 N–H and O–H groups in total. The summed E-state index contributed by atoms with van der Waals surface area (Å²) in [6, 6.07) is 11.9.